The summed E-state index contributed by atoms with van der Waals surface area (Å²) in [5, 5.41) is 0. The van der Waals surface area contributed by atoms with E-state index >= 15 is 0 Å². The first-order chi connectivity index (χ1) is 10.7. The van der Waals surface area contributed by atoms with Gasteiger partial charge in [-0.2, -0.15) is 0 Å². The minimum atomic E-state index is -0.217. The van der Waals surface area contributed by atoms with Gasteiger partial charge in [0, 0.05) is 0 Å². The van der Waals surface area contributed by atoms with Gasteiger partial charge in [0.05, 0.1) is 13.7 Å². The van der Waals surface area contributed by atoms with Crippen molar-refractivity contribution in [3.05, 3.63) is 59.9 Å². The number of methoxy groups -OCH3 is 1. The fourth-order valence-electron chi connectivity index (χ4n) is 2.37. The van der Waals surface area contributed by atoms with Crippen molar-refractivity contribution in [3.63, 3.8) is 0 Å². The Bertz CT molecular complexity index is 572. The summed E-state index contributed by atoms with van der Waals surface area (Å²) in [6.45, 7) is 1.12. The van der Waals surface area contributed by atoms with Crippen LogP contribution in [0.3, 0.4) is 0 Å². The Hall–Kier alpha value is -2.07. The van der Waals surface area contributed by atoms with Gasteiger partial charge < -0.3 is 15.2 Å². The predicted octanol–water partition coefficient (Wildman–Crippen LogP) is 3.74. The van der Waals surface area contributed by atoms with Crippen molar-refractivity contribution in [2.75, 3.05) is 20.3 Å². The van der Waals surface area contributed by atoms with Gasteiger partial charge in [-0.3, -0.25) is 0 Å². The lowest BCUT2D eigenvalue weighted by Crippen LogP contribution is -2.14. The average molecular weight is 303 g/mol. The first-order valence-corrected chi connectivity index (χ1v) is 7.45. The van der Waals surface area contributed by atoms with Crippen LogP contribution >= 0.6 is 0 Å². The SMILES string of the molecule is COc1ccc(OCCCC(CN)c2cccc(F)c2)cc1. The molecule has 0 aliphatic carbocycles. The van der Waals surface area contributed by atoms with Gasteiger partial charge in [-0.25, -0.2) is 4.39 Å². The third-order valence-electron chi connectivity index (χ3n) is 3.63. The van der Waals surface area contributed by atoms with Crippen LogP contribution in [0.4, 0.5) is 4.39 Å². The second-order valence-electron chi connectivity index (χ2n) is 5.15. The standard InChI is InChI=1S/C18H22FNO2/c1-21-17-7-9-18(10-8-17)22-11-3-5-15(13-20)14-4-2-6-16(19)12-14/h2,4,6-10,12,15H,3,5,11,13,20H2,1H3. The zero-order valence-electron chi connectivity index (χ0n) is 12.8. The molecule has 0 amide bonds. The minimum absolute atomic E-state index is 0.162. The van der Waals surface area contributed by atoms with E-state index in [4.69, 9.17) is 15.2 Å². The normalized spacial score (nSPS) is 12.0. The molecule has 0 spiro atoms. The van der Waals surface area contributed by atoms with Gasteiger partial charge in [0.15, 0.2) is 0 Å². The van der Waals surface area contributed by atoms with Crippen molar-refractivity contribution in [1.82, 2.24) is 0 Å². The number of ether oxygens (including phenoxy) is 2. The zero-order valence-corrected chi connectivity index (χ0v) is 12.8. The molecule has 0 bridgehead atoms. The highest BCUT2D eigenvalue weighted by Crippen LogP contribution is 2.22. The van der Waals surface area contributed by atoms with E-state index in [2.05, 4.69) is 0 Å². The van der Waals surface area contributed by atoms with E-state index in [-0.39, 0.29) is 11.7 Å². The summed E-state index contributed by atoms with van der Waals surface area (Å²) in [7, 11) is 1.63. The van der Waals surface area contributed by atoms with Crippen LogP contribution < -0.4 is 15.2 Å². The smallest absolute Gasteiger partial charge is 0.123 e. The molecule has 0 aromatic heterocycles. The number of hydrogen-bond acceptors (Lipinski definition) is 3. The zero-order chi connectivity index (χ0) is 15.8. The van der Waals surface area contributed by atoms with Crippen LogP contribution in [0.1, 0.15) is 24.3 Å². The topological polar surface area (TPSA) is 44.5 Å². The van der Waals surface area contributed by atoms with E-state index < -0.39 is 0 Å². The molecule has 2 rings (SSSR count). The highest BCUT2D eigenvalue weighted by Gasteiger charge is 2.10. The van der Waals surface area contributed by atoms with E-state index in [1.165, 1.54) is 6.07 Å². The molecule has 4 heteroatoms. The van der Waals surface area contributed by atoms with Gasteiger partial charge >= 0.3 is 0 Å². The van der Waals surface area contributed by atoms with Crippen LogP contribution in [0, 0.1) is 5.82 Å². The van der Waals surface area contributed by atoms with Crippen molar-refractivity contribution in [2.24, 2.45) is 5.73 Å². The molecule has 0 fully saturated rings. The molecule has 2 aromatic rings. The summed E-state index contributed by atoms with van der Waals surface area (Å²) in [5.41, 5.74) is 6.75. The summed E-state index contributed by atoms with van der Waals surface area (Å²) < 4.78 is 24.0. The molecule has 22 heavy (non-hydrogen) atoms. The lowest BCUT2D eigenvalue weighted by molar-refractivity contribution is 0.301. The van der Waals surface area contributed by atoms with Crippen LogP contribution in [0.2, 0.25) is 0 Å². The fraction of sp³-hybridized carbons (Fsp3) is 0.333. The summed E-state index contributed by atoms with van der Waals surface area (Å²) in [6, 6.07) is 14.1. The Labute approximate surface area is 130 Å². The Morgan fingerprint density at radius 2 is 1.82 bits per heavy atom. The number of benzene rings is 2. The maximum Gasteiger partial charge on any atom is 0.123 e. The summed E-state index contributed by atoms with van der Waals surface area (Å²) in [5.74, 6) is 1.57. The largest absolute Gasteiger partial charge is 0.497 e. The molecule has 2 aromatic carbocycles. The van der Waals surface area contributed by atoms with Crippen molar-refractivity contribution < 1.29 is 13.9 Å². The maximum atomic E-state index is 13.3. The Morgan fingerprint density at radius 3 is 2.45 bits per heavy atom. The number of hydrogen-bond donors (Lipinski definition) is 1. The summed E-state index contributed by atoms with van der Waals surface area (Å²) in [4.78, 5) is 0. The van der Waals surface area contributed by atoms with Crippen molar-refractivity contribution in [1.29, 1.82) is 0 Å². The molecule has 1 atom stereocenters. The first kappa shape index (κ1) is 16.3. The molecule has 0 aliphatic heterocycles. The Balaban J connectivity index is 1.79. The van der Waals surface area contributed by atoms with Gasteiger partial charge in [-0.15, -0.1) is 0 Å². The van der Waals surface area contributed by atoms with Gasteiger partial charge in [-0.1, -0.05) is 12.1 Å². The Kier molecular flexibility index (Phi) is 6.22. The van der Waals surface area contributed by atoms with Crippen molar-refractivity contribution >= 4 is 0 Å². The first-order valence-electron chi connectivity index (χ1n) is 7.45. The van der Waals surface area contributed by atoms with Gasteiger partial charge in [0.2, 0.25) is 0 Å². The number of nitrogens with two attached hydrogens (primary N) is 1. The molecule has 0 saturated carbocycles. The molecule has 0 aliphatic rings. The molecular weight excluding hydrogens is 281 g/mol. The van der Waals surface area contributed by atoms with Crippen LogP contribution in [0.25, 0.3) is 0 Å². The summed E-state index contributed by atoms with van der Waals surface area (Å²) in [6.07, 6.45) is 1.74. The highest BCUT2D eigenvalue weighted by molar-refractivity contribution is 5.31. The minimum Gasteiger partial charge on any atom is -0.497 e. The van der Waals surface area contributed by atoms with Gasteiger partial charge in [0.25, 0.3) is 0 Å². The lowest BCUT2D eigenvalue weighted by atomic mass is 9.94. The van der Waals surface area contributed by atoms with E-state index in [1.807, 2.05) is 30.3 Å². The molecule has 3 nitrogen and oxygen atoms in total. The van der Waals surface area contributed by atoms with Crippen molar-refractivity contribution in [2.45, 2.75) is 18.8 Å². The van der Waals surface area contributed by atoms with Gasteiger partial charge in [0.1, 0.15) is 17.3 Å². The molecule has 0 saturated heterocycles. The quantitative estimate of drug-likeness (QED) is 0.756. The molecule has 0 heterocycles. The third kappa shape index (κ3) is 4.74. The maximum absolute atomic E-state index is 13.3. The summed E-state index contributed by atoms with van der Waals surface area (Å²) >= 11 is 0. The van der Waals surface area contributed by atoms with Gasteiger partial charge in [-0.05, 0) is 67.3 Å². The van der Waals surface area contributed by atoms with Crippen LogP contribution in [-0.4, -0.2) is 20.3 Å². The second-order valence-corrected chi connectivity index (χ2v) is 5.15. The highest BCUT2D eigenvalue weighted by atomic mass is 19.1. The number of halogens is 1. The molecule has 118 valence electrons. The van der Waals surface area contributed by atoms with Crippen LogP contribution in [0.5, 0.6) is 11.5 Å². The van der Waals surface area contributed by atoms with Crippen LogP contribution in [-0.2, 0) is 0 Å². The fourth-order valence-corrected chi connectivity index (χ4v) is 2.37. The Morgan fingerprint density at radius 1 is 1.09 bits per heavy atom. The monoisotopic (exact) mass is 303 g/mol. The van der Waals surface area contributed by atoms with E-state index in [0.717, 1.165) is 29.9 Å². The average Bonchev–Trinajstić information content (AvgIpc) is 2.55. The predicted molar refractivity (Wildman–Crippen MR) is 85.9 cm³/mol. The number of rotatable bonds is 8. The molecule has 0 radical (unpaired) electrons. The third-order valence-corrected chi connectivity index (χ3v) is 3.63. The lowest BCUT2D eigenvalue weighted by Gasteiger charge is -2.15. The second kappa shape index (κ2) is 8.39. The van der Waals surface area contributed by atoms with E-state index in [0.29, 0.717) is 13.2 Å². The van der Waals surface area contributed by atoms with Crippen LogP contribution in [0.15, 0.2) is 48.5 Å². The van der Waals surface area contributed by atoms with E-state index in [9.17, 15) is 4.39 Å². The van der Waals surface area contributed by atoms with Crippen molar-refractivity contribution in [3.8, 4) is 11.5 Å². The molecule has 2 N–H and O–H groups in total. The van der Waals surface area contributed by atoms with E-state index in [1.54, 1.807) is 19.2 Å². The molecule has 1 unspecified atom stereocenters. The molecular formula is C18H22FNO2.